The van der Waals surface area contributed by atoms with Crippen LogP contribution in [0, 0.1) is 23.4 Å². The standard InChI is InChI=1S/C21H20F3N3O3/c22-15-3-1-13(2-4-15)7-19(28)25-5-6-26-21(30)14-8-20(29)27(12-14)18-10-16(23)9-17(24)11-18/h1-4,9-11,14H,5-8,12H2,(H,25,28)(H,26,30). The fourth-order valence-electron chi connectivity index (χ4n) is 3.21. The van der Waals surface area contributed by atoms with Crippen LogP contribution in [0.2, 0.25) is 0 Å². The van der Waals surface area contributed by atoms with Gasteiger partial charge >= 0.3 is 0 Å². The number of nitrogens with one attached hydrogen (secondary N) is 2. The highest BCUT2D eigenvalue weighted by atomic mass is 19.1. The topological polar surface area (TPSA) is 78.5 Å². The molecular formula is C21H20F3N3O3. The lowest BCUT2D eigenvalue weighted by Crippen LogP contribution is -2.38. The Kier molecular flexibility index (Phi) is 6.71. The van der Waals surface area contributed by atoms with Crippen LogP contribution in [0.15, 0.2) is 42.5 Å². The van der Waals surface area contributed by atoms with Crippen molar-refractivity contribution >= 4 is 23.4 Å². The van der Waals surface area contributed by atoms with E-state index >= 15 is 0 Å². The molecule has 1 heterocycles. The number of benzene rings is 2. The molecule has 0 spiro atoms. The summed E-state index contributed by atoms with van der Waals surface area (Å²) in [6.45, 7) is 0.364. The molecule has 9 heteroatoms. The summed E-state index contributed by atoms with van der Waals surface area (Å²) >= 11 is 0. The van der Waals surface area contributed by atoms with Crippen LogP contribution < -0.4 is 15.5 Å². The second-order valence-corrected chi connectivity index (χ2v) is 6.98. The van der Waals surface area contributed by atoms with E-state index in [9.17, 15) is 27.6 Å². The number of hydrogen-bond donors (Lipinski definition) is 2. The van der Waals surface area contributed by atoms with Gasteiger partial charge in [0.1, 0.15) is 17.5 Å². The predicted octanol–water partition coefficient (Wildman–Crippen LogP) is 1.93. The third-order valence-corrected chi connectivity index (χ3v) is 4.68. The summed E-state index contributed by atoms with van der Waals surface area (Å²) in [5, 5.41) is 5.28. The number of carbonyl (C=O) groups excluding carboxylic acids is 3. The van der Waals surface area contributed by atoms with Gasteiger partial charge in [0.15, 0.2) is 0 Å². The van der Waals surface area contributed by atoms with Crippen LogP contribution in [0.1, 0.15) is 12.0 Å². The molecule has 1 unspecified atom stereocenters. The molecule has 3 rings (SSSR count). The highest BCUT2D eigenvalue weighted by molar-refractivity contribution is 6.00. The van der Waals surface area contributed by atoms with Gasteiger partial charge < -0.3 is 15.5 Å². The van der Waals surface area contributed by atoms with E-state index in [0.29, 0.717) is 11.6 Å². The SMILES string of the molecule is O=C(Cc1ccc(F)cc1)NCCNC(=O)C1CC(=O)N(c2cc(F)cc(F)c2)C1. The largest absolute Gasteiger partial charge is 0.354 e. The van der Waals surface area contributed by atoms with Gasteiger partial charge in [-0.2, -0.15) is 0 Å². The number of carbonyl (C=O) groups is 3. The quantitative estimate of drug-likeness (QED) is 0.674. The molecule has 0 saturated carbocycles. The van der Waals surface area contributed by atoms with Crippen molar-refractivity contribution in [3.05, 3.63) is 65.5 Å². The first kappa shape index (κ1) is 21.4. The molecule has 2 aromatic rings. The van der Waals surface area contributed by atoms with Gasteiger partial charge in [-0.1, -0.05) is 12.1 Å². The Morgan fingerprint density at radius 2 is 1.57 bits per heavy atom. The average molecular weight is 419 g/mol. The summed E-state index contributed by atoms with van der Waals surface area (Å²) in [6, 6.07) is 8.36. The predicted molar refractivity (Wildman–Crippen MR) is 103 cm³/mol. The third kappa shape index (κ3) is 5.59. The lowest BCUT2D eigenvalue weighted by Gasteiger charge is -2.17. The number of anilines is 1. The van der Waals surface area contributed by atoms with E-state index in [0.717, 1.165) is 12.1 Å². The zero-order valence-corrected chi connectivity index (χ0v) is 16.0. The van der Waals surface area contributed by atoms with Crippen LogP contribution in [0.3, 0.4) is 0 Å². The van der Waals surface area contributed by atoms with Crippen LogP contribution in [0.25, 0.3) is 0 Å². The van der Waals surface area contributed by atoms with Crippen LogP contribution in [0.4, 0.5) is 18.9 Å². The van der Waals surface area contributed by atoms with Gasteiger partial charge in [-0.15, -0.1) is 0 Å². The molecule has 158 valence electrons. The van der Waals surface area contributed by atoms with Crippen molar-refractivity contribution in [1.29, 1.82) is 0 Å². The molecule has 0 radical (unpaired) electrons. The Balaban J connectivity index is 1.42. The normalized spacial score (nSPS) is 15.9. The first-order chi connectivity index (χ1) is 14.3. The number of rotatable bonds is 7. The van der Waals surface area contributed by atoms with Gasteiger partial charge in [-0.25, -0.2) is 13.2 Å². The fourth-order valence-corrected chi connectivity index (χ4v) is 3.21. The number of nitrogens with zero attached hydrogens (tertiary/aromatic N) is 1. The van der Waals surface area contributed by atoms with E-state index in [1.807, 2.05) is 0 Å². The summed E-state index contributed by atoms with van der Waals surface area (Å²) in [7, 11) is 0. The van der Waals surface area contributed by atoms with Gasteiger partial charge in [-0.05, 0) is 29.8 Å². The van der Waals surface area contributed by atoms with Crippen molar-refractivity contribution in [1.82, 2.24) is 10.6 Å². The maximum atomic E-state index is 13.4. The Hall–Kier alpha value is -3.36. The van der Waals surface area contributed by atoms with Crippen molar-refractivity contribution in [3.63, 3.8) is 0 Å². The Morgan fingerprint density at radius 3 is 2.23 bits per heavy atom. The zero-order valence-electron chi connectivity index (χ0n) is 16.0. The minimum Gasteiger partial charge on any atom is -0.354 e. The molecule has 1 fully saturated rings. The van der Waals surface area contributed by atoms with E-state index in [2.05, 4.69) is 10.6 Å². The van der Waals surface area contributed by atoms with Crippen molar-refractivity contribution in [2.24, 2.45) is 5.92 Å². The molecule has 1 aliphatic heterocycles. The molecule has 30 heavy (non-hydrogen) atoms. The monoisotopic (exact) mass is 419 g/mol. The Bertz CT molecular complexity index is 930. The molecule has 1 aliphatic rings. The highest BCUT2D eigenvalue weighted by Crippen LogP contribution is 2.26. The van der Waals surface area contributed by atoms with Crippen molar-refractivity contribution in [2.45, 2.75) is 12.8 Å². The molecule has 2 aromatic carbocycles. The summed E-state index contributed by atoms with van der Waals surface area (Å²) in [4.78, 5) is 37.5. The minimum absolute atomic E-state index is 0.0183. The molecular weight excluding hydrogens is 399 g/mol. The minimum atomic E-state index is -0.804. The molecule has 0 bridgehead atoms. The smallest absolute Gasteiger partial charge is 0.227 e. The van der Waals surface area contributed by atoms with E-state index < -0.39 is 23.5 Å². The summed E-state index contributed by atoms with van der Waals surface area (Å²) in [5.74, 6) is -3.69. The van der Waals surface area contributed by atoms with Crippen LogP contribution >= 0.6 is 0 Å². The van der Waals surface area contributed by atoms with Crippen molar-refractivity contribution in [3.8, 4) is 0 Å². The lowest BCUT2D eigenvalue weighted by atomic mass is 10.1. The van der Waals surface area contributed by atoms with E-state index in [4.69, 9.17) is 0 Å². The summed E-state index contributed by atoms with van der Waals surface area (Å²) in [5.41, 5.74) is 0.733. The maximum Gasteiger partial charge on any atom is 0.227 e. The van der Waals surface area contributed by atoms with Gasteiger partial charge in [-0.3, -0.25) is 14.4 Å². The molecule has 0 aliphatic carbocycles. The van der Waals surface area contributed by atoms with Crippen molar-refractivity contribution in [2.75, 3.05) is 24.5 Å². The van der Waals surface area contributed by atoms with Gasteiger partial charge in [0, 0.05) is 37.8 Å². The van der Waals surface area contributed by atoms with Crippen LogP contribution in [0.5, 0.6) is 0 Å². The second-order valence-electron chi connectivity index (χ2n) is 6.98. The van der Waals surface area contributed by atoms with Gasteiger partial charge in [0.25, 0.3) is 0 Å². The maximum absolute atomic E-state index is 13.4. The fraction of sp³-hybridized carbons (Fsp3) is 0.286. The number of amides is 3. The van der Waals surface area contributed by atoms with Crippen LogP contribution in [-0.4, -0.2) is 37.4 Å². The number of hydrogen-bond acceptors (Lipinski definition) is 3. The van der Waals surface area contributed by atoms with Crippen LogP contribution in [-0.2, 0) is 20.8 Å². The third-order valence-electron chi connectivity index (χ3n) is 4.68. The average Bonchev–Trinajstić information content (AvgIpc) is 3.08. The molecule has 0 aromatic heterocycles. The van der Waals surface area contributed by atoms with Gasteiger partial charge in [0.2, 0.25) is 17.7 Å². The first-order valence-corrected chi connectivity index (χ1v) is 9.37. The molecule has 1 saturated heterocycles. The lowest BCUT2D eigenvalue weighted by molar-refractivity contribution is -0.126. The van der Waals surface area contributed by atoms with Gasteiger partial charge in [0.05, 0.1) is 12.3 Å². The molecule has 6 nitrogen and oxygen atoms in total. The Morgan fingerprint density at radius 1 is 0.933 bits per heavy atom. The van der Waals surface area contributed by atoms with E-state index in [1.165, 1.54) is 29.2 Å². The van der Waals surface area contributed by atoms with E-state index in [1.54, 1.807) is 0 Å². The highest BCUT2D eigenvalue weighted by Gasteiger charge is 2.35. The molecule has 3 amide bonds. The Labute approximate surface area is 171 Å². The van der Waals surface area contributed by atoms with Crippen molar-refractivity contribution < 1.29 is 27.6 Å². The number of halogens is 3. The second kappa shape index (κ2) is 9.43. The zero-order chi connectivity index (χ0) is 21.7. The summed E-state index contributed by atoms with van der Waals surface area (Å²) in [6.07, 6.45) is 0.0192. The molecule has 1 atom stereocenters. The van der Waals surface area contributed by atoms with E-state index in [-0.39, 0.29) is 55.8 Å². The summed E-state index contributed by atoms with van der Waals surface area (Å²) < 4.78 is 39.6. The molecule has 2 N–H and O–H groups in total. The first-order valence-electron chi connectivity index (χ1n) is 9.37.